The summed E-state index contributed by atoms with van der Waals surface area (Å²) in [5.74, 6) is -3.07. The van der Waals surface area contributed by atoms with Crippen LogP contribution in [-0.4, -0.2) is 65.3 Å². The van der Waals surface area contributed by atoms with Gasteiger partial charge in [0.25, 0.3) is 0 Å². The molecule has 9 N–H and O–H groups in total. The van der Waals surface area contributed by atoms with E-state index in [2.05, 4.69) is 0 Å². The highest BCUT2D eigenvalue weighted by molar-refractivity contribution is 5.51. The Morgan fingerprint density at radius 2 is 1.37 bits per heavy atom. The van der Waals surface area contributed by atoms with Gasteiger partial charge in [-0.15, -0.1) is 0 Å². The van der Waals surface area contributed by atoms with Gasteiger partial charge in [-0.2, -0.15) is 0 Å². The summed E-state index contributed by atoms with van der Waals surface area (Å²) in [4.78, 5) is 0. The van der Waals surface area contributed by atoms with Crippen LogP contribution in [0.2, 0.25) is 0 Å². The van der Waals surface area contributed by atoms with Crippen LogP contribution in [0.15, 0.2) is 54.0 Å². The van der Waals surface area contributed by atoms with E-state index in [4.69, 9.17) is 14.6 Å². The topological polar surface area (TPSA) is 201 Å². The van der Waals surface area contributed by atoms with Crippen molar-refractivity contribution >= 4 is 0 Å². The zero-order chi connectivity index (χ0) is 29.2. The van der Waals surface area contributed by atoms with Crippen LogP contribution in [0.4, 0.5) is 0 Å². The summed E-state index contributed by atoms with van der Waals surface area (Å²) in [6.45, 7) is 8.00. The third-order valence-corrected chi connectivity index (χ3v) is 5.43. The highest BCUT2D eigenvalue weighted by Crippen LogP contribution is 2.45. The first-order chi connectivity index (χ1) is 18.1. The van der Waals surface area contributed by atoms with E-state index in [1.165, 1.54) is 24.3 Å². The number of rotatable bonds is 4. The first-order valence-corrected chi connectivity index (χ1v) is 12.2. The number of aliphatic hydroxyl groups is 4. The van der Waals surface area contributed by atoms with Crippen molar-refractivity contribution in [3.63, 3.8) is 0 Å². The predicted octanol–water partition coefficient (Wildman–Crippen LogP) is 3.73. The fourth-order valence-corrected chi connectivity index (χ4v) is 3.94. The lowest BCUT2D eigenvalue weighted by Crippen LogP contribution is -2.39. The SMILES string of the molecule is CC.CC.CO.OC1=CC(O)C2C[C@@H](OC(O)c3cc(O)c(O)c(O)c3)[C@@H](c3cc(O)cc(O)c3)OC2=C1. The molecule has 4 rings (SSSR count). The zero-order valence-corrected chi connectivity index (χ0v) is 22.0. The number of aliphatic hydroxyl groups excluding tert-OH is 4. The van der Waals surface area contributed by atoms with Gasteiger partial charge in [0.2, 0.25) is 0 Å². The molecule has 2 aliphatic rings. The van der Waals surface area contributed by atoms with Gasteiger partial charge in [0.05, 0.1) is 6.10 Å². The quantitative estimate of drug-likeness (QED) is 0.203. The van der Waals surface area contributed by atoms with Crippen LogP contribution in [0, 0.1) is 5.92 Å². The van der Waals surface area contributed by atoms with Crippen LogP contribution in [0.3, 0.4) is 0 Å². The lowest BCUT2D eigenvalue weighted by atomic mass is 9.83. The number of fused-ring (bicyclic) bond motifs is 1. The molecule has 0 spiro atoms. The second kappa shape index (κ2) is 14.9. The average molecular weight is 539 g/mol. The van der Waals surface area contributed by atoms with Crippen molar-refractivity contribution in [3.05, 3.63) is 65.1 Å². The Morgan fingerprint density at radius 3 is 1.89 bits per heavy atom. The van der Waals surface area contributed by atoms with Gasteiger partial charge in [-0.1, -0.05) is 27.7 Å². The van der Waals surface area contributed by atoms with Crippen molar-refractivity contribution in [2.45, 2.75) is 58.7 Å². The van der Waals surface area contributed by atoms with E-state index in [0.29, 0.717) is 5.56 Å². The van der Waals surface area contributed by atoms with Gasteiger partial charge in [0.1, 0.15) is 35.2 Å². The number of hydrogen-bond donors (Lipinski definition) is 9. The van der Waals surface area contributed by atoms with E-state index in [-0.39, 0.29) is 35.0 Å². The maximum atomic E-state index is 10.6. The Balaban J connectivity index is 0.00000112. The Labute approximate surface area is 221 Å². The number of allylic oxidation sites excluding steroid dienone is 1. The van der Waals surface area contributed by atoms with E-state index < -0.39 is 47.8 Å². The van der Waals surface area contributed by atoms with E-state index in [0.717, 1.165) is 25.3 Å². The summed E-state index contributed by atoms with van der Waals surface area (Å²) in [6.07, 6.45) is -1.97. The van der Waals surface area contributed by atoms with Crippen molar-refractivity contribution in [3.8, 4) is 28.7 Å². The number of ether oxygens (including phenoxy) is 2. The van der Waals surface area contributed by atoms with Crippen molar-refractivity contribution < 1.29 is 55.4 Å². The Bertz CT molecular complexity index is 1050. The number of hydrogen-bond acceptors (Lipinski definition) is 11. The summed E-state index contributed by atoms with van der Waals surface area (Å²) in [6, 6.07) is 5.82. The second-order valence-electron chi connectivity index (χ2n) is 7.73. The number of aromatic hydroxyl groups is 5. The number of benzene rings is 2. The molecule has 1 heterocycles. The molecular weight excluding hydrogens is 500 g/mol. The standard InChI is InChI=1S/C22H22O10.2C2H6.CH4O/c23-11-1-9(2-12(24)5-11)21-19(8-14-15(26)6-13(25)7-18(14)31-21)32-22(30)10-3-16(27)20(29)17(28)4-10;3*1-2/h1-7,14-15,19,21-30H,8H2;2*1-2H3;2H,1H3/t14?,15?,19-,21-,22?;;;/m1.../s1. The molecule has 38 heavy (non-hydrogen) atoms. The third-order valence-electron chi connectivity index (χ3n) is 5.43. The van der Waals surface area contributed by atoms with Crippen LogP contribution in [0.25, 0.3) is 0 Å². The molecule has 2 aromatic carbocycles. The van der Waals surface area contributed by atoms with E-state index >= 15 is 0 Å². The maximum Gasteiger partial charge on any atom is 0.200 e. The van der Waals surface area contributed by atoms with Crippen LogP contribution >= 0.6 is 0 Å². The van der Waals surface area contributed by atoms with Crippen molar-refractivity contribution in [2.24, 2.45) is 5.92 Å². The summed E-state index contributed by atoms with van der Waals surface area (Å²) in [5, 5.41) is 86.5. The Kier molecular flexibility index (Phi) is 12.7. The average Bonchev–Trinajstić information content (AvgIpc) is 2.90. The minimum atomic E-state index is -1.68. The van der Waals surface area contributed by atoms with Gasteiger partial charge < -0.3 is 55.4 Å². The van der Waals surface area contributed by atoms with Gasteiger partial charge in [-0.05, 0) is 36.8 Å². The molecule has 1 fully saturated rings. The molecule has 1 aliphatic carbocycles. The highest BCUT2D eigenvalue weighted by Gasteiger charge is 2.42. The molecule has 0 bridgehead atoms. The van der Waals surface area contributed by atoms with Crippen LogP contribution in [-0.2, 0) is 9.47 Å². The predicted molar refractivity (Wildman–Crippen MR) is 139 cm³/mol. The molecular formula is C27H38O11. The molecule has 212 valence electrons. The van der Waals surface area contributed by atoms with Gasteiger partial charge in [-0.25, -0.2) is 0 Å². The summed E-state index contributed by atoms with van der Waals surface area (Å²) in [7, 11) is 1.00. The van der Waals surface area contributed by atoms with Crippen molar-refractivity contribution in [1.82, 2.24) is 0 Å². The minimum absolute atomic E-state index is 0.0571. The van der Waals surface area contributed by atoms with Gasteiger partial charge >= 0.3 is 0 Å². The zero-order valence-electron chi connectivity index (χ0n) is 22.0. The molecule has 11 nitrogen and oxygen atoms in total. The molecule has 1 aliphatic heterocycles. The summed E-state index contributed by atoms with van der Waals surface area (Å²) in [5.41, 5.74) is 0.248. The summed E-state index contributed by atoms with van der Waals surface area (Å²) >= 11 is 0. The van der Waals surface area contributed by atoms with E-state index in [1.807, 2.05) is 27.7 Å². The second-order valence-corrected chi connectivity index (χ2v) is 7.73. The lowest BCUT2D eigenvalue weighted by molar-refractivity contribution is -0.196. The van der Waals surface area contributed by atoms with Gasteiger partial charge in [-0.3, -0.25) is 0 Å². The third kappa shape index (κ3) is 7.68. The number of phenolic OH excluding ortho intramolecular Hbond substituents is 5. The molecule has 3 unspecified atom stereocenters. The van der Waals surface area contributed by atoms with E-state index in [9.17, 15) is 40.9 Å². The molecule has 0 saturated carbocycles. The molecule has 0 amide bonds. The molecule has 11 heteroatoms. The molecule has 1 saturated heterocycles. The monoisotopic (exact) mass is 538 g/mol. The normalized spacial score (nSPS) is 22.2. The lowest BCUT2D eigenvalue weighted by Gasteiger charge is -2.41. The van der Waals surface area contributed by atoms with Crippen LogP contribution in [0.1, 0.15) is 57.6 Å². The Morgan fingerprint density at radius 1 is 0.842 bits per heavy atom. The largest absolute Gasteiger partial charge is 0.508 e. The fourth-order valence-electron chi connectivity index (χ4n) is 3.94. The Hall–Kier alpha value is -3.64. The molecule has 5 atom stereocenters. The smallest absolute Gasteiger partial charge is 0.200 e. The maximum absolute atomic E-state index is 10.6. The first kappa shape index (κ1) is 32.4. The van der Waals surface area contributed by atoms with Crippen LogP contribution < -0.4 is 0 Å². The van der Waals surface area contributed by atoms with E-state index in [1.54, 1.807) is 0 Å². The first-order valence-electron chi connectivity index (χ1n) is 12.2. The van der Waals surface area contributed by atoms with Crippen molar-refractivity contribution in [1.29, 1.82) is 0 Å². The minimum Gasteiger partial charge on any atom is -0.508 e. The van der Waals surface area contributed by atoms with Crippen molar-refractivity contribution in [2.75, 3.05) is 7.11 Å². The van der Waals surface area contributed by atoms with Gasteiger partial charge in [0.15, 0.2) is 23.5 Å². The van der Waals surface area contributed by atoms with Gasteiger partial charge in [0, 0.05) is 36.3 Å². The fraction of sp³-hybridized carbons (Fsp3) is 0.407. The highest BCUT2D eigenvalue weighted by atomic mass is 16.6. The molecule has 2 aromatic rings. The number of phenols is 5. The molecule has 0 aromatic heterocycles. The summed E-state index contributed by atoms with van der Waals surface area (Å²) < 4.78 is 11.7. The molecule has 0 radical (unpaired) electrons. The van der Waals surface area contributed by atoms with Crippen LogP contribution in [0.5, 0.6) is 28.7 Å².